The van der Waals surface area contributed by atoms with Gasteiger partial charge in [-0.1, -0.05) is 91.0 Å². The molecule has 5 aromatic rings. The topological polar surface area (TPSA) is 89.4 Å². The normalized spacial score (nSPS) is 10.9. The van der Waals surface area contributed by atoms with Gasteiger partial charge in [0.05, 0.1) is 15.2 Å². The fourth-order valence-corrected chi connectivity index (χ4v) is 5.38. The number of aromatic hydroxyl groups is 1. The van der Waals surface area contributed by atoms with E-state index in [1.807, 2.05) is 91.0 Å². The first-order chi connectivity index (χ1) is 21.5. The standard InChI is InChI=1S/C35H28Br2N2O5/c36-29-16-27(17-30(37)33(29)40)20-38-39-35(41)28-18-31(42-21-24-10-4-1-5-11-24)34(44-23-26-14-8-3-9-15-26)32(19-28)43-22-25-12-6-2-7-13-25/h1-20,40H,21-23H2,(H,39,41)/b38-20-. The smallest absolute Gasteiger partial charge is 0.271 e. The molecular formula is C35H28Br2N2O5. The Hall–Kier alpha value is -4.60. The monoisotopic (exact) mass is 714 g/mol. The number of nitrogens with zero attached hydrogens (tertiary/aromatic N) is 1. The van der Waals surface area contributed by atoms with Crippen LogP contribution in [0.25, 0.3) is 0 Å². The molecule has 0 bridgehead atoms. The summed E-state index contributed by atoms with van der Waals surface area (Å²) >= 11 is 6.60. The molecule has 0 aliphatic rings. The van der Waals surface area contributed by atoms with Gasteiger partial charge >= 0.3 is 0 Å². The molecule has 222 valence electrons. The second-order valence-corrected chi connectivity index (χ2v) is 11.4. The van der Waals surface area contributed by atoms with E-state index in [9.17, 15) is 9.90 Å². The van der Waals surface area contributed by atoms with Gasteiger partial charge in [-0.25, -0.2) is 5.43 Å². The van der Waals surface area contributed by atoms with E-state index >= 15 is 0 Å². The quantitative estimate of drug-likeness (QED) is 0.100. The number of phenolic OH excluding ortho intramolecular Hbond substituents is 1. The second-order valence-electron chi connectivity index (χ2n) is 9.66. The van der Waals surface area contributed by atoms with E-state index < -0.39 is 5.91 Å². The summed E-state index contributed by atoms with van der Waals surface area (Å²) in [4.78, 5) is 13.3. The molecule has 0 aromatic heterocycles. The number of halogens is 2. The first-order valence-electron chi connectivity index (χ1n) is 13.7. The zero-order valence-corrected chi connectivity index (χ0v) is 26.6. The highest BCUT2D eigenvalue weighted by Gasteiger charge is 2.20. The van der Waals surface area contributed by atoms with Crippen LogP contribution in [0.5, 0.6) is 23.0 Å². The van der Waals surface area contributed by atoms with Crippen LogP contribution in [-0.2, 0) is 19.8 Å². The number of phenols is 1. The van der Waals surface area contributed by atoms with Gasteiger partial charge in [0, 0.05) is 5.56 Å². The first-order valence-corrected chi connectivity index (χ1v) is 15.2. The maximum atomic E-state index is 13.3. The number of rotatable bonds is 12. The molecule has 0 unspecified atom stereocenters. The Morgan fingerprint density at radius 1 is 0.682 bits per heavy atom. The lowest BCUT2D eigenvalue weighted by Crippen LogP contribution is -2.18. The van der Waals surface area contributed by atoms with Gasteiger partial charge in [-0.05, 0) is 78.4 Å². The van der Waals surface area contributed by atoms with E-state index in [1.54, 1.807) is 24.3 Å². The highest BCUT2D eigenvalue weighted by Crippen LogP contribution is 2.40. The number of amides is 1. The molecule has 0 spiro atoms. The number of benzene rings is 5. The van der Waals surface area contributed by atoms with Crippen LogP contribution in [0.15, 0.2) is 129 Å². The SMILES string of the molecule is O=C(N/N=C\c1cc(Br)c(O)c(Br)c1)c1cc(OCc2ccccc2)c(OCc2ccccc2)c(OCc2ccccc2)c1. The van der Waals surface area contributed by atoms with Crippen molar-refractivity contribution in [3.63, 3.8) is 0 Å². The third-order valence-corrected chi connectivity index (χ3v) is 7.61. The molecule has 0 aliphatic heterocycles. The molecule has 5 aromatic carbocycles. The Morgan fingerprint density at radius 2 is 1.11 bits per heavy atom. The van der Waals surface area contributed by atoms with E-state index in [0.717, 1.165) is 16.7 Å². The lowest BCUT2D eigenvalue weighted by molar-refractivity contribution is 0.0953. The molecule has 0 heterocycles. The molecule has 7 nitrogen and oxygen atoms in total. The summed E-state index contributed by atoms with van der Waals surface area (Å²) in [7, 11) is 0. The molecule has 0 aliphatic carbocycles. The number of carbonyl (C=O) groups excluding carboxylic acids is 1. The lowest BCUT2D eigenvalue weighted by Gasteiger charge is -2.19. The predicted molar refractivity (Wildman–Crippen MR) is 177 cm³/mol. The van der Waals surface area contributed by atoms with Gasteiger partial charge in [0.15, 0.2) is 11.5 Å². The van der Waals surface area contributed by atoms with Crippen molar-refractivity contribution in [3.05, 3.63) is 152 Å². The van der Waals surface area contributed by atoms with Crippen molar-refractivity contribution >= 4 is 44.0 Å². The molecule has 2 N–H and O–H groups in total. The van der Waals surface area contributed by atoms with Crippen molar-refractivity contribution in [3.8, 4) is 23.0 Å². The van der Waals surface area contributed by atoms with Gasteiger partial charge in [-0.2, -0.15) is 5.10 Å². The van der Waals surface area contributed by atoms with Crippen LogP contribution in [0, 0.1) is 0 Å². The van der Waals surface area contributed by atoms with Gasteiger partial charge in [0.2, 0.25) is 5.75 Å². The number of hydrogen-bond donors (Lipinski definition) is 2. The zero-order valence-electron chi connectivity index (χ0n) is 23.5. The molecule has 9 heteroatoms. The molecule has 1 amide bonds. The van der Waals surface area contributed by atoms with Crippen molar-refractivity contribution in [2.75, 3.05) is 0 Å². The molecule has 0 fully saturated rings. The minimum Gasteiger partial charge on any atom is -0.506 e. The van der Waals surface area contributed by atoms with Gasteiger partial charge in [-0.3, -0.25) is 4.79 Å². The van der Waals surface area contributed by atoms with Crippen molar-refractivity contribution < 1.29 is 24.1 Å². The van der Waals surface area contributed by atoms with Crippen LogP contribution in [0.3, 0.4) is 0 Å². The Kier molecular flexibility index (Phi) is 10.7. The molecule has 0 saturated heterocycles. The summed E-state index contributed by atoms with van der Waals surface area (Å²) in [6.07, 6.45) is 1.48. The summed E-state index contributed by atoms with van der Waals surface area (Å²) in [5.74, 6) is 0.708. The molecule has 0 saturated carbocycles. The highest BCUT2D eigenvalue weighted by atomic mass is 79.9. The van der Waals surface area contributed by atoms with Crippen LogP contribution in [0.1, 0.15) is 32.6 Å². The summed E-state index contributed by atoms with van der Waals surface area (Å²) in [6.45, 7) is 0.792. The number of ether oxygens (including phenoxy) is 3. The molecule has 0 radical (unpaired) electrons. The maximum absolute atomic E-state index is 13.3. The van der Waals surface area contributed by atoms with Crippen molar-refractivity contribution in [1.82, 2.24) is 5.43 Å². The largest absolute Gasteiger partial charge is 0.506 e. The number of hydrogen-bond acceptors (Lipinski definition) is 6. The van der Waals surface area contributed by atoms with Gasteiger partial charge in [0.25, 0.3) is 5.91 Å². The zero-order chi connectivity index (χ0) is 30.7. The molecule has 0 atom stereocenters. The van der Waals surface area contributed by atoms with Crippen LogP contribution in [0.4, 0.5) is 0 Å². The van der Waals surface area contributed by atoms with Gasteiger partial charge in [-0.15, -0.1) is 0 Å². The number of nitrogens with one attached hydrogen (secondary N) is 1. The second kappa shape index (κ2) is 15.2. The average molecular weight is 716 g/mol. The molecular weight excluding hydrogens is 688 g/mol. The Balaban J connectivity index is 1.45. The van der Waals surface area contributed by atoms with Crippen LogP contribution < -0.4 is 19.6 Å². The van der Waals surface area contributed by atoms with E-state index in [4.69, 9.17) is 14.2 Å². The highest BCUT2D eigenvalue weighted by molar-refractivity contribution is 9.11. The predicted octanol–water partition coefficient (Wildman–Crippen LogP) is 8.42. The number of carbonyl (C=O) groups is 1. The van der Waals surface area contributed by atoms with E-state index in [0.29, 0.717) is 31.8 Å². The fraction of sp³-hybridized carbons (Fsp3) is 0.0857. The van der Waals surface area contributed by atoms with Crippen LogP contribution >= 0.6 is 31.9 Å². The summed E-state index contributed by atoms with van der Waals surface area (Å²) in [5.41, 5.74) is 6.38. The third kappa shape index (κ3) is 8.49. The van der Waals surface area contributed by atoms with Gasteiger partial charge in [0.1, 0.15) is 25.6 Å². The lowest BCUT2D eigenvalue weighted by atomic mass is 10.1. The van der Waals surface area contributed by atoms with E-state index in [2.05, 4.69) is 42.4 Å². The maximum Gasteiger partial charge on any atom is 0.271 e. The third-order valence-electron chi connectivity index (χ3n) is 6.40. The Morgan fingerprint density at radius 3 is 1.57 bits per heavy atom. The number of hydrazone groups is 1. The molecule has 5 rings (SSSR count). The van der Waals surface area contributed by atoms with Crippen molar-refractivity contribution in [1.29, 1.82) is 0 Å². The van der Waals surface area contributed by atoms with Crippen molar-refractivity contribution in [2.45, 2.75) is 19.8 Å². The Labute approximate surface area is 272 Å². The van der Waals surface area contributed by atoms with E-state index in [-0.39, 0.29) is 31.1 Å². The Bertz CT molecular complexity index is 1650. The summed E-state index contributed by atoms with van der Waals surface area (Å²) in [6, 6.07) is 35.9. The average Bonchev–Trinajstić information content (AvgIpc) is 3.05. The van der Waals surface area contributed by atoms with Gasteiger partial charge < -0.3 is 19.3 Å². The van der Waals surface area contributed by atoms with Crippen LogP contribution in [0.2, 0.25) is 0 Å². The van der Waals surface area contributed by atoms with Crippen molar-refractivity contribution in [2.24, 2.45) is 5.10 Å². The summed E-state index contributed by atoms with van der Waals surface area (Å²) in [5, 5.41) is 14.1. The first kappa shape index (κ1) is 30.8. The van der Waals surface area contributed by atoms with Crippen LogP contribution in [-0.4, -0.2) is 17.2 Å². The minimum absolute atomic E-state index is 0.0758. The minimum atomic E-state index is -0.470. The summed E-state index contributed by atoms with van der Waals surface area (Å²) < 4.78 is 19.8. The molecule has 44 heavy (non-hydrogen) atoms. The van der Waals surface area contributed by atoms with E-state index in [1.165, 1.54) is 6.21 Å². The fourth-order valence-electron chi connectivity index (χ4n) is 4.15.